The standard InChI is InChI=1S/C17H19N3O3S/c1-4-5-14-19-20-16(24-14)18-15(22)10-6-7-13-11(8-10)12(21)9-17(2,3)23-13/h6-8H,4-5,9H2,1-3H3,(H,18,20,22). The third kappa shape index (κ3) is 3.46. The lowest BCUT2D eigenvalue weighted by atomic mass is 9.92. The van der Waals surface area contributed by atoms with Crippen molar-refractivity contribution in [3.05, 3.63) is 34.3 Å². The van der Waals surface area contributed by atoms with Crippen LogP contribution in [-0.4, -0.2) is 27.5 Å². The van der Waals surface area contributed by atoms with Crippen LogP contribution in [-0.2, 0) is 6.42 Å². The van der Waals surface area contributed by atoms with Gasteiger partial charge in [-0.05, 0) is 38.5 Å². The molecule has 2 aromatic rings. The van der Waals surface area contributed by atoms with E-state index < -0.39 is 5.60 Å². The summed E-state index contributed by atoms with van der Waals surface area (Å²) in [4.78, 5) is 24.7. The van der Waals surface area contributed by atoms with Gasteiger partial charge >= 0.3 is 0 Å². The fourth-order valence-electron chi connectivity index (χ4n) is 2.58. The number of fused-ring (bicyclic) bond motifs is 1. The molecule has 24 heavy (non-hydrogen) atoms. The summed E-state index contributed by atoms with van der Waals surface area (Å²) in [7, 11) is 0. The van der Waals surface area contributed by atoms with Crippen LogP contribution in [0.2, 0.25) is 0 Å². The Labute approximate surface area is 144 Å². The Morgan fingerprint density at radius 1 is 1.38 bits per heavy atom. The monoisotopic (exact) mass is 345 g/mol. The molecular weight excluding hydrogens is 326 g/mol. The Morgan fingerprint density at radius 2 is 2.17 bits per heavy atom. The van der Waals surface area contributed by atoms with E-state index in [4.69, 9.17) is 4.74 Å². The first-order valence-corrected chi connectivity index (χ1v) is 8.69. The lowest BCUT2D eigenvalue weighted by Crippen LogP contribution is -2.36. The predicted octanol–water partition coefficient (Wildman–Crippen LogP) is 3.49. The van der Waals surface area contributed by atoms with Gasteiger partial charge < -0.3 is 4.74 Å². The average molecular weight is 345 g/mol. The van der Waals surface area contributed by atoms with Gasteiger partial charge in [-0.2, -0.15) is 0 Å². The number of benzene rings is 1. The average Bonchev–Trinajstić information content (AvgIpc) is 2.93. The van der Waals surface area contributed by atoms with Gasteiger partial charge in [0.25, 0.3) is 5.91 Å². The molecule has 0 aliphatic carbocycles. The summed E-state index contributed by atoms with van der Waals surface area (Å²) in [5.74, 6) is 0.195. The Hall–Kier alpha value is -2.28. The zero-order valence-corrected chi connectivity index (χ0v) is 14.7. The second-order valence-corrected chi connectivity index (χ2v) is 7.44. The zero-order chi connectivity index (χ0) is 17.3. The molecule has 0 spiro atoms. The van der Waals surface area contributed by atoms with Crippen LogP contribution in [0.3, 0.4) is 0 Å². The van der Waals surface area contributed by atoms with Crippen LogP contribution < -0.4 is 10.1 Å². The van der Waals surface area contributed by atoms with Crippen LogP contribution in [0, 0.1) is 0 Å². The summed E-state index contributed by atoms with van der Waals surface area (Å²) in [6.45, 7) is 5.81. The van der Waals surface area contributed by atoms with Crippen molar-refractivity contribution in [3.8, 4) is 5.75 Å². The van der Waals surface area contributed by atoms with Crippen molar-refractivity contribution in [2.24, 2.45) is 0 Å². The first-order valence-electron chi connectivity index (χ1n) is 7.88. The molecule has 0 fully saturated rings. The molecule has 1 aromatic carbocycles. The van der Waals surface area contributed by atoms with Crippen LogP contribution in [0.4, 0.5) is 5.13 Å². The molecule has 3 rings (SSSR count). The number of carbonyl (C=O) groups is 2. The summed E-state index contributed by atoms with van der Waals surface area (Å²) < 4.78 is 5.80. The van der Waals surface area contributed by atoms with Crippen LogP contribution in [0.5, 0.6) is 5.75 Å². The predicted molar refractivity (Wildman–Crippen MR) is 92.0 cm³/mol. The normalized spacial score (nSPS) is 15.5. The molecule has 7 heteroatoms. The first-order chi connectivity index (χ1) is 11.4. The fraction of sp³-hybridized carbons (Fsp3) is 0.412. The van der Waals surface area contributed by atoms with E-state index >= 15 is 0 Å². The number of aromatic nitrogens is 2. The molecule has 0 saturated heterocycles. The Bertz CT molecular complexity index is 798. The van der Waals surface area contributed by atoms with Gasteiger partial charge in [-0.1, -0.05) is 18.3 Å². The summed E-state index contributed by atoms with van der Waals surface area (Å²) in [5, 5.41) is 12.1. The Morgan fingerprint density at radius 3 is 2.92 bits per heavy atom. The van der Waals surface area contributed by atoms with E-state index in [1.54, 1.807) is 18.2 Å². The molecule has 1 aromatic heterocycles. The van der Waals surface area contributed by atoms with Gasteiger partial charge in [0.05, 0.1) is 12.0 Å². The van der Waals surface area contributed by atoms with Gasteiger partial charge in [0.15, 0.2) is 5.78 Å². The number of aryl methyl sites for hydroxylation is 1. The topological polar surface area (TPSA) is 81.2 Å². The summed E-state index contributed by atoms with van der Waals surface area (Å²) >= 11 is 1.36. The number of anilines is 1. The maximum absolute atomic E-state index is 12.4. The van der Waals surface area contributed by atoms with Gasteiger partial charge in [0, 0.05) is 12.0 Å². The number of carbonyl (C=O) groups excluding carboxylic acids is 2. The number of rotatable bonds is 4. The smallest absolute Gasteiger partial charge is 0.257 e. The SMILES string of the molecule is CCCc1nnc(NC(=O)c2ccc3c(c2)C(=O)CC(C)(C)O3)s1. The van der Waals surface area contributed by atoms with E-state index in [1.165, 1.54) is 11.3 Å². The largest absolute Gasteiger partial charge is 0.487 e. The lowest BCUT2D eigenvalue weighted by molar-refractivity contribution is 0.0620. The van der Waals surface area contributed by atoms with Gasteiger partial charge in [-0.15, -0.1) is 10.2 Å². The van der Waals surface area contributed by atoms with Crippen molar-refractivity contribution in [2.45, 2.75) is 45.6 Å². The molecule has 0 unspecified atom stereocenters. The third-order valence-corrected chi connectivity index (χ3v) is 4.56. The maximum Gasteiger partial charge on any atom is 0.257 e. The second-order valence-electron chi connectivity index (χ2n) is 6.38. The minimum absolute atomic E-state index is 0.0166. The quantitative estimate of drug-likeness (QED) is 0.917. The number of hydrogen-bond donors (Lipinski definition) is 1. The van der Waals surface area contributed by atoms with Crippen LogP contribution >= 0.6 is 11.3 Å². The van der Waals surface area contributed by atoms with Crippen molar-refractivity contribution < 1.29 is 14.3 Å². The molecular formula is C17H19N3O3S. The number of ketones is 1. The van der Waals surface area contributed by atoms with Crippen molar-refractivity contribution >= 4 is 28.2 Å². The van der Waals surface area contributed by atoms with Crippen LogP contribution in [0.1, 0.15) is 59.3 Å². The minimum atomic E-state index is -0.518. The van der Waals surface area contributed by atoms with E-state index in [9.17, 15) is 9.59 Å². The molecule has 0 radical (unpaired) electrons. The highest BCUT2D eigenvalue weighted by atomic mass is 32.1. The van der Waals surface area contributed by atoms with Crippen molar-refractivity contribution in [1.82, 2.24) is 10.2 Å². The third-order valence-electron chi connectivity index (χ3n) is 3.67. The van der Waals surface area contributed by atoms with Crippen LogP contribution in [0.25, 0.3) is 0 Å². The van der Waals surface area contributed by atoms with Gasteiger partial charge in [0.2, 0.25) is 5.13 Å². The van der Waals surface area contributed by atoms with Crippen molar-refractivity contribution in [1.29, 1.82) is 0 Å². The molecule has 1 aliphatic heterocycles. The lowest BCUT2D eigenvalue weighted by Gasteiger charge is -2.31. The van der Waals surface area contributed by atoms with Gasteiger partial charge in [-0.25, -0.2) is 0 Å². The first kappa shape index (κ1) is 16.6. The number of amides is 1. The van der Waals surface area contributed by atoms with Gasteiger partial charge in [-0.3, -0.25) is 14.9 Å². The van der Waals surface area contributed by atoms with E-state index in [1.807, 2.05) is 13.8 Å². The Balaban J connectivity index is 1.78. The molecule has 1 amide bonds. The maximum atomic E-state index is 12.4. The van der Waals surface area contributed by atoms with E-state index in [0.717, 1.165) is 17.8 Å². The highest BCUT2D eigenvalue weighted by Gasteiger charge is 2.32. The van der Waals surface area contributed by atoms with Crippen molar-refractivity contribution in [2.75, 3.05) is 5.32 Å². The molecule has 0 bridgehead atoms. The molecule has 126 valence electrons. The highest BCUT2D eigenvalue weighted by molar-refractivity contribution is 7.15. The number of hydrogen-bond acceptors (Lipinski definition) is 6. The number of nitrogens with zero attached hydrogens (tertiary/aromatic N) is 2. The summed E-state index contributed by atoms with van der Waals surface area (Å²) in [5.41, 5.74) is 0.333. The summed E-state index contributed by atoms with van der Waals surface area (Å²) in [6.07, 6.45) is 2.11. The molecule has 2 heterocycles. The van der Waals surface area contributed by atoms with E-state index in [0.29, 0.717) is 28.4 Å². The van der Waals surface area contributed by atoms with Crippen LogP contribution in [0.15, 0.2) is 18.2 Å². The highest BCUT2D eigenvalue weighted by Crippen LogP contribution is 2.33. The molecule has 1 aliphatic rings. The summed E-state index contributed by atoms with van der Waals surface area (Å²) in [6, 6.07) is 4.90. The van der Waals surface area contributed by atoms with Crippen molar-refractivity contribution in [3.63, 3.8) is 0 Å². The van der Waals surface area contributed by atoms with E-state index in [-0.39, 0.29) is 11.7 Å². The molecule has 6 nitrogen and oxygen atoms in total. The van der Waals surface area contributed by atoms with E-state index in [2.05, 4.69) is 22.4 Å². The van der Waals surface area contributed by atoms with Gasteiger partial charge in [0.1, 0.15) is 16.4 Å². The fourth-order valence-corrected chi connectivity index (χ4v) is 3.42. The molecule has 0 atom stereocenters. The molecule has 1 N–H and O–H groups in total. The second kappa shape index (κ2) is 6.32. The number of ether oxygens (including phenoxy) is 1. The number of Topliss-reactive ketones (excluding diaryl/α,β-unsaturated/α-hetero) is 1. The molecule has 0 saturated carbocycles. The Kier molecular flexibility index (Phi) is 4.36. The number of nitrogens with one attached hydrogen (secondary N) is 1. The minimum Gasteiger partial charge on any atom is -0.487 e. The zero-order valence-electron chi connectivity index (χ0n) is 13.9.